The van der Waals surface area contributed by atoms with E-state index in [2.05, 4.69) is 437 Å². The van der Waals surface area contributed by atoms with Gasteiger partial charge < -0.3 is 8.83 Å². The highest BCUT2D eigenvalue weighted by molar-refractivity contribution is 7.27. The second kappa shape index (κ2) is 33.3. The van der Waals surface area contributed by atoms with Crippen LogP contribution in [0.2, 0.25) is 0 Å². The van der Waals surface area contributed by atoms with Gasteiger partial charge in [0.2, 0.25) is 0 Å². The zero-order chi connectivity index (χ0) is 93.8. The smallest absolute Gasteiger partial charge is 0.160 e. The number of fused-ring (bicyclic) bond motifs is 33. The number of rotatable bonds is 9. The van der Waals surface area contributed by atoms with Crippen molar-refractivity contribution in [1.82, 2.24) is 29.9 Å². The molecule has 0 aliphatic heterocycles. The summed E-state index contributed by atoms with van der Waals surface area (Å²) in [5.41, 5.74) is 22.4. The minimum Gasteiger partial charge on any atom is -0.456 e. The van der Waals surface area contributed by atoms with Crippen LogP contribution in [0.5, 0.6) is 0 Å². The second-order valence-corrected chi connectivity index (χ2v) is 40.0. The van der Waals surface area contributed by atoms with Crippen molar-refractivity contribution in [1.29, 1.82) is 0 Å². The summed E-state index contributed by atoms with van der Waals surface area (Å²) < 4.78 is 20.2. The normalized spacial score (nSPS) is 11.9. The van der Waals surface area contributed by atoms with Crippen molar-refractivity contribution in [3.8, 4) is 101 Å². The third-order valence-electron chi connectivity index (χ3n) is 28.6. The van der Waals surface area contributed by atoms with Crippen LogP contribution < -0.4 is 0 Å². The lowest BCUT2D eigenvalue weighted by atomic mass is 9.93. The lowest BCUT2D eigenvalue weighted by Crippen LogP contribution is -1.96. The van der Waals surface area contributed by atoms with Gasteiger partial charge in [-0.15, -0.1) is 34.0 Å². The van der Waals surface area contributed by atoms with Gasteiger partial charge in [0.25, 0.3) is 0 Å². The molecule has 664 valence electrons. The van der Waals surface area contributed by atoms with E-state index in [9.17, 15) is 0 Å². The van der Waals surface area contributed by atoms with Crippen molar-refractivity contribution in [2.75, 3.05) is 0 Å². The van der Waals surface area contributed by atoms with Gasteiger partial charge in [-0.05, 0) is 207 Å². The van der Waals surface area contributed by atoms with E-state index in [1.807, 2.05) is 58.3 Å². The van der Waals surface area contributed by atoms with E-state index in [0.717, 1.165) is 161 Å². The molecule has 143 heavy (non-hydrogen) atoms. The molecule has 0 spiro atoms. The van der Waals surface area contributed by atoms with Crippen molar-refractivity contribution in [2.45, 2.75) is 0 Å². The largest absolute Gasteiger partial charge is 0.456 e. The Bertz CT molecular complexity index is 10700. The molecule has 8 nitrogen and oxygen atoms in total. The Labute approximate surface area is 830 Å². The lowest BCUT2D eigenvalue weighted by molar-refractivity contribution is 0.669. The zero-order valence-corrected chi connectivity index (χ0v) is 79.1. The summed E-state index contributed by atoms with van der Waals surface area (Å²) in [5, 5.41) is 29.9. The zero-order valence-electron chi connectivity index (χ0n) is 76.6. The van der Waals surface area contributed by atoms with Gasteiger partial charge >= 0.3 is 0 Å². The molecule has 0 fully saturated rings. The fourth-order valence-corrected chi connectivity index (χ4v) is 25.2. The Morgan fingerprint density at radius 2 is 0.434 bits per heavy atom. The fraction of sp³-hybridized carbons (Fsp3) is 0. The molecule has 0 N–H and O–H groups in total. The Kier molecular flexibility index (Phi) is 19.1. The molecule has 11 heteroatoms. The van der Waals surface area contributed by atoms with Crippen LogP contribution in [0.1, 0.15) is 0 Å². The summed E-state index contributed by atoms with van der Waals surface area (Å²) >= 11 is 5.52. The van der Waals surface area contributed by atoms with Crippen LogP contribution in [0, 0.1) is 0 Å². The van der Waals surface area contributed by atoms with Gasteiger partial charge in [0, 0.05) is 126 Å². The van der Waals surface area contributed by atoms with Crippen LogP contribution in [0.4, 0.5) is 0 Å². The molecule has 31 aromatic rings. The molecule has 0 bridgehead atoms. The van der Waals surface area contributed by atoms with E-state index in [0.29, 0.717) is 5.82 Å². The van der Waals surface area contributed by atoms with E-state index in [-0.39, 0.29) is 0 Å². The van der Waals surface area contributed by atoms with E-state index in [4.69, 9.17) is 38.7 Å². The maximum absolute atomic E-state index is 6.45. The Balaban J connectivity index is 0.000000103. The molecule has 0 radical (unpaired) electrons. The summed E-state index contributed by atoms with van der Waals surface area (Å²) in [7, 11) is 0. The Hall–Kier alpha value is -18.1. The van der Waals surface area contributed by atoms with Crippen LogP contribution >= 0.6 is 34.0 Å². The van der Waals surface area contributed by atoms with E-state index in [1.165, 1.54) is 136 Å². The molecular weight excluding hydrogens is 1800 g/mol. The van der Waals surface area contributed by atoms with Crippen molar-refractivity contribution in [2.24, 2.45) is 0 Å². The Morgan fingerprint density at radius 3 is 0.972 bits per heavy atom. The lowest BCUT2D eigenvalue weighted by Gasteiger charge is -2.13. The highest BCUT2D eigenvalue weighted by atomic mass is 32.1. The molecule has 0 aliphatic carbocycles. The molecule has 0 saturated carbocycles. The first kappa shape index (κ1) is 82.0. The highest BCUT2D eigenvalue weighted by Crippen LogP contribution is 2.50. The number of hydrogen-bond acceptors (Lipinski definition) is 11. The summed E-state index contributed by atoms with van der Waals surface area (Å²) in [4.78, 5) is 32.0. The molecule has 0 amide bonds. The monoisotopic (exact) mass is 1870 g/mol. The van der Waals surface area contributed by atoms with Gasteiger partial charge in [0.15, 0.2) is 17.5 Å². The minimum absolute atomic E-state index is 0.688. The summed E-state index contributed by atoms with van der Waals surface area (Å²) in [6.45, 7) is 0. The molecule has 8 aromatic heterocycles. The van der Waals surface area contributed by atoms with Gasteiger partial charge in [-0.2, -0.15) is 0 Å². The maximum Gasteiger partial charge on any atom is 0.160 e. The predicted molar refractivity (Wildman–Crippen MR) is 606 cm³/mol. The van der Waals surface area contributed by atoms with Gasteiger partial charge in [-0.25, -0.2) is 29.9 Å². The van der Waals surface area contributed by atoms with E-state index < -0.39 is 0 Å². The van der Waals surface area contributed by atoms with Crippen molar-refractivity contribution < 1.29 is 8.83 Å². The number of hydrogen-bond donors (Lipinski definition) is 0. The SMILES string of the molecule is c1ccc(-c2ccc3sc4ccc(-c5ccc(-c6nc(-c7ccccc7)c7ccc8oc9ccc%10ccccc%10c9c8c7n6)cc5)cc4c3c2)cc1.c1ccc(-c2nc(-c3ccc4c5ccccc5c5ccccc5c4c3)nc3c2ccc2sc4ccc5ccccc5c4c23)cc1.c1ccc(-c2nc(-c3cccc(-c4ccc5oc6ccccc6c5c4)c3)nc3c2ccc2sc4ccc5ccccc5c4c23)cc1. The fourth-order valence-electron chi connectivity index (χ4n) is 21.9. The number of nitrogens with zero attached hydrogens (tertiary/aromatic N) is 6. The first-order valence-electron chi connectivity index (χ1n) is 48.1. The van der Waals surface area contributed by atoms with Gasteiger partial charge in [0.1, 0.15) is 22.3 Å². The first-order valence-corrected chi connectivity index (χ1v) is 50.6. The van der Waals surface area contributed by atoms with Gasteiger partial charge in [0.05, 0.1) is 39.0 Å². The number of benzene rings is 23. The van der Waals surface area contributed by atoms with Crippen LogP contribution in [0.15, 0.2) is 470 Å². The van der Waals surface area contributed by atoms with Crippen LogP contribution in [-0.2, 0) is 0 Å². The van der Waals surface area contributed by atoms with E-state index >= 15 is 0 Å². The molecule has 0 aliphatic rings. The quantitative estimate of drug-likeness (QED) is 0.132. The number of aromatic nitrogens is 6. The molecule has 0 saturated heterocycles. The molecule has 0 unspecified atom stereocenters. The molecule has 31 rings (SSSR count). The minimum atomic E-state index is 0.688. The van der Waals surface area contributed by atoms with Crippen LogP contribution in [0.3, 0.4) is 0 Å². The number of thiophene rings is 3. The number of para-hydroxylation sites is 1. The Morgan fingerprint density at radius 1 is 0.140 bits per heavy atom. The second-order valence-electron chi connectivity index (χ2n) is 36.8. The van der Waals surface area contributed by atoms with Crippen LogP contribution in [0.25, 0.3) is 303 Å². The molecule has 0 atom stereocenters. The first-order chi connectivity index (χ1) is 70.8. The molecule has 23 aromatic carbocycles. The van der Waals surface area contributed by atoms with Crippen molar-refractivity contribution in [3.63, 3.8) is 0 Å². The maximum atomic E-state index is 6.45. The van der Waals surface area contributed by atoms with E-state index in [1.54, 1.807) is 0 Å². The average Bonchev–Trinajstić information content (AvgIpc) is 1.58. The predicted octanol–water partition coefficient (Wildman–Crippen LogP) is 37.7. The summed E-state index contributed by atoms with van der Waals surface area (Å²) in [6, 6.07) is 164. The third-order valence-corrected chi connectivity index (χ3v) is 32.0. The standard InChI is InChI=1S/C48H28N2OS.C42H24N2OS.C42H24N2S/c1-3-9-29(10-4-1)34-20-25-42-38(27-34)39-28-35(21-26-43(39)52-42)30-15-17-33(18-16-30)48-49-46(32-12-5-2-6-13-32)37-22-24-41-45(47(37)50-48)44-36-14-8-7-11-31(36)19-23-40(44)51-41;1-2-10-26(11-3-1)40-32-19-22-37-39(38-30-14-5-4-9-25(30)18-21-36(38)46-37)41(32)44-42(43-40)29-13-8-12-27(23-29)28-17-20-35-33(24-28)31-15-6-7-16-34(31)45-35;1-2-11-26(12-3-1)40-34-21-23-37-39(38-28-13-5-4-10-25(28)19-22-36(38)45-37)41(34)44-42(43-40)27-18-20-33-31-16-7-6-14-29(31)30-15-8-9-17-32(30)35(33)24-27/h1-28H;1-24H;1-24H. The van der Waals surface area contributed by atoms with Crippen molar-refractivity contribution in [3.05, 3.63) is 461 Å². The number of furan rings is 2. The van der Waals surface area contributed by atoms with Crippen molar-refractivity contribution >= 4 is 236 Å². The molecule has 8 heterocycles. The summed E-state index contributed by atoms with van der Waals surface area (Å²) in [5.74, 6) is 2.15. The van der Waals surface area contributed by atoms with Gasteiger partial charge in [-0.1, -0.05) is 352 Å². The highest BCUT2D eigenvalue weighted by Gasteiger charge is 2.26. The molecular formula is C132H76N6O2S3. The summed E-state index contributed by atoms with van der Waals surface area (Å²) in [6.07, 6.45) is 0. The van der Waals surface area contributed by atoms with Crippen LogP contribution in [-0.4, -0.2) is 29.9 Å². The van der Waals surface area contributed by atoms with Gasteiger partial charge in [-0.3, -0.25) is 0 Å². The topological polar surface area (TPSA) is 104 Å². The third kappa shape index (κ3) is 13.8. The average molecular weight is 1870 g/mol.